The lowest BCUT2D eigenvalue weighted by atomic mass is 9.85. The van der Waals surface area contributed by atoms with Crippen LogP contribution in [0.25, 0.3) is 0 Å². The highest BCUT2D eigenvalue weighted by Gasteiger charge is 2.34. The first-order valence-corrected chi connectivity index (χ1v) is 13.8. The molecule has 1 aliphatic heterocycles. The van der Waals surface area contributed by atoms with Crippen molar-refractivity contribution in [2.24, 2.45) is 0 Å². The molecule has 0 bridgehead atoms. The van der Waals surface area contributed by atoms with Crippen molar-refractivity contribution in [3.63, 3.8) is 0 Å². The van der Waals surface area contributed by atoms with Crippen LogP contribution >= 0.6 is 11.3 Å². The molecule has 0 spiro atoms. The number of carbonyl (C=O) groups excluding carboxylic acids is 2. The molecule has 0 aliphatic carbocycles. The van der Waals surface area contributed by atoms with Gasteiger partial charge in [0.05, 0.1) is 6.04 Å². The maximum Gasteiger partial charge on any atom is 0.243 e. The van der Waals surface area contributed by atoms with E-state index in [1.165, 1.54) is 16.0 Å². The molecule has 3 rings (SSSR count). The first-order valence-electron chi connectivity index (χ1n) is 12.9. The molecule has 34 heavy (non-hydrogen) atoms. The summed E-state index contributed by atoms with van der Waals surface area (Å²) in [6.07, 6.45) is 5.27. The van der Waals surface area contributed by atoms with Crippen molar-refractivity contribution >= 4 is 23.2 Å². The van der Waals surface area contributed by atoms with E-state index >= 15 is 0 Å². The zero-order valence-electron chi connectivity index (χ0n) is 21.9. The molecule has 4 nitrogen and oxygen atoms in total. The number of rotatable bonds is 9. The van der Waals surface area contributed by atoms with E-state index in [1.54, 1.807) is 11.3 Å². The predicted octanol–water partition coefficient (Wildman–Crippen LogP) is 6.73. The van der Waals surface area contributed by atoms with Crippen LogP contribution in [0.2, 0.25) is 0 Å². The van der Waals surface area contributed by atoms with Crippen molar-refractivity contribution in [1.29, 1.82) is 0 Å². The summed E-state index contributed by atoms with van der Waals surface area (Å²) in [5, 5.41) is 2.14. The topological polar surface area (TPSA) is 40.6 Å². The molecule has 0 fully saturated rings. The molecule has 2 atom stereocenters. The molecule has 0 N–H and O–H groups in total. The number of hydrogen-bond acceptors (Lipinski definition) is 3. The molecule has 1 aliphatic rings. The maximum absolute atomic E-state index is 13.7. The standard InChI is InChI=1S/C29H42N2O2S/c1-7-9-10-11-26(32)31(21(3)8-2)20-27(33)30-18-16-25-24(17-19-34-25)28(30)22-12-14-23(15-13-22)29(4,5)6/h12-15,17,19,21,28H,7-11,16,18,20H2,1-6H3. The molecule has 5 heteroatoms. The van der Waals surface area contributed by atoms with Gasteiger partial charge in [-0.25, -0.2) is 0 Å². The second kappa shape index (κ2) is 11.5. The van der Waals surface area contributed by atoms with E-state index in [2.05, 4.69) is 77.3 Å². The molecule has 0 saturated heterocycles. The smallest absolute Gasteiger partial charge is 0.243 e. The molecule has 2 heterocycles. The van der Waals surface area contributed by atoms with Crippen LogP contribution in [-0.4, -0.2) is 40.7 Å². The lowest BCUT2D eigenvalue weighted by Crippen LogP contribution is -2.49. The van der Waals surface area contributed by atoms with Crippen molar-refractivity contribution in [3.8, 4) is 0 Å². The van der Waals surface area contributed by atoms with Gasteiger partial charge in [-0.1, -0.05) is 71.7 Å². The Morgan fingerprint density at radius 1 is 1.12 bits per heavy atom. The highest BCUT2D eigenvalue weighted by atomic mass is 32.1. The summed E-state index contributed by atoms with van der Waals surface area (Å²) in [7, 11) is 0. The third-order valence-electron chi connectivity index (χ3n) is 7.12. The number of unbranched alkanes of at least 4 members (excludes halogenated alkanes) is 2. The van der Waals surface area contributed by atoms with Crippen molar-refractivity contribution < 1.29 is 9.59 Å². The van der Waals surface area contributed by atoms with Gasteiger partial charge in [0, 0.05) is 23.9 Å². The number of amides is 2. The van der Waals surface area contributed by atoms with Crippen LogP contribution < -0.4 is 0 Å². The number of carbonyl (C=O) groups is 2. The second-order valence-electron chi connectivity index (χ2n) is 10.6. The molecule has 2 amide bonds. The molecular formula is C29H42N2O2S. The van der Waals surface area contributed by atoms with Gasteiger partial charge in [0.1, 0.15) is 6.54 Å². The highest BCUT2D eigenvalue weighted by molar-refractivity contribution is 7.10. The minimum atomic E-state index is -0.0921. The fourth-order valence-electron chi connectivity index (χ4n) is 4.73. The Morgan fingerprint density at radius 2 is 1.82 bits per heavy atom. The van der Waals surface area contributed by atoms with E-state index in [9.17, 15) is 9.59 Å². The van der Waals surface area contributed by atoms with E-state index in [1.807, 2.05) is 9.80 Å². The van der Waals surface area contributed by atoms with Gasteiger partial charge in [0.2, 0.25) is 11.8 Å². The summed E-state index contributed by atoms with van der Waals surface area (Å²) in [6.45, 7) is 13.8. The molecular weight excluding hydrogens is 440 g/mol. The van der Waals surface area contributed by atoms with Crippen LogP contribution in [0.1, 0.15) is 101 Å². The van der Waals surface area contributed by atoms with Crippen LogP contribution in [-0.2, 0) is 21.4 Å². The van der Waals surface area contributed by atoms with Crippen LogP contribution in [0.15, 0.2) is 35.7 Å². The van der Waals surface area contributed by atoms with Crippen molar-refractivity contribution in [3.05, 3.63) is 57.3 Å². The summed E-state index contributed by atoms with van der Waals surface area (Å²) in [5.41, 5.74) is 3.75. The van der Waals surface area contributed by atoms with Gasteiger partial charge in [-0.3, -0.25) is 9.59 Å². The van der Waals surface area contributed by atoms with Crippen LogP contribution in [0.5, 0.6) is 0 Å². The van der Waals surface area contributed by atoms with E-state index in [0.29, 0.717) is 13.0 Å². The quantitative estimate of drug-likeness (QED) is 0.372. The molecule has 0 saturated carbocycles. The van der Waals surface area contributed by atoms with Gasteiger partial charge in [-0.2, -0.15) is 0 Å². The fourth-order valence-corrected chi connectivity index (χ4v) is 5.63. The normalized spacial score (nSPS) is 16.8. The Bertz CT molecular complexity index is 957. The zero-order chi connectivity index (χ0) is 24.9. The Hall–Kier alpha value is -2.14. The van der Waals surface area contributed by atoms with Crippen molar-refractivity contribution in [2.45, 2.75) is 97.6 Å². The van der Waals surface area contributed by atoms with Crippen LogP contribution in [0.4, 0.5) is 0 Å². The Balaban J connectivity index is 1.87. The van der Waals surface area contributed by atoms with Gasteiger partial charge in [-0.05, 0) is 59.7 Å². The van der Waals surface area contributed by atoms with Crippen LogP contribution in [0.3, 0.4) is 0 Å². The number of fused-ring (bicyclic) bond motifs is 1. The Morgan fingerprint density at radius 3 is 2.44 bits per heavy atom. The summed E-state index contributed by atoms with van der Waals surface area (Å²) >= 11 is 1.78. The van der Waals surface area contributed by atoms with E-state index in [0.717, 1.165) is 37.7 Å². The largest absolute Gasteiger partial charge is 0.331 e. The average Bonchev–Trinajstić information content (AvgIpc) is 3.29. The lowest BCUT2D eigenvalue weighted by Gasteiger charge is -2.38. The zero-order valence-corrected chi connectivity index (χ0v) is 22.7. The van der Waals surface area contributed by atoms with Gasteiger partial charge < -0.3 is 9.80 Å². The number of hydrogen-bond donors (Lipinski definition) is 0. The van der Waals surface area contributed by atoms with Crippen LogP contribution in [0, 0.1) is 0 Å². The molecule has 186 valence electrons. The first kappa shape index (κ1) is 26.5. The summed E-state index contributed by atoms with van der Waals surface area (Å²) in [5.74, 6) is 0.154. The molecule has 2 unspecified atom stereocenters. The maximum atomic E-state index is 13.7. The van der Waals surface area contributed by atoms with Crippen molar-refractivity contribution in [1.82, 2.24) is 9.80 Å². The van der Waals surface area contributed by atoms with E-state index in [4.69, 9.17) is 0 Å². The Labute approximate surface area is 210 Å². The number of nitrogens with zero attached hydrogens (tertiary/aromatic N) is 2. The van der Waals surface area contributed by atoms with Gasteiger partial charge in [0.25, 0.3) is 0 Å². The van der Waals surface area contributed by atoms with Gasteiger partial charge >= 0.3 is 0 Å². The van der Waals surface area contributed by atoms with Gasteiger partial charge in [-0.15, -0.1) is 11.3 Å². The molecule has 1 aromatic carbocycles. The van der Waals surface area contributed by atoms with E-state index in [-0.39, 0.29) is 35.9 Å². The summed E-state index contributed by atoms with van der Waals surface area (Å²) in [6, 6.07) is 10.9. The monoisotopic (exact) mass is 482 g/mol. The third kappa shape index (κ3) is 6.10. The third-order valence-corrected chi connectivity index (χ3v) is 8.12. The summed E-state index contributed by atoms with van der Waals surface area (Å²) in [4.78, 5) is 32.0. The average molecular weight is 483 g/mol. The SMILES string of the molecule is CCCCCC(=O)N(CC(=O)N1CCc2sccc2C1c1ccc(C(C)(C)C)cc1)C(C)CC. The molecule has 0 radical (unpaired) electrons. The fraction of sp³-hybridized carbons (Fsp3) is 0.586. The number of thiophene rings is 1. The van der Waals surface area contributed by atoms with Gasteiger partial charge in [0.15, 0.2) is 0 Å². The molecule has 2 aromatic rings. The molecule has 1 aromatic heterocycles. The number of benzene rings is 1. The highest BCUT2D eigenvalue weighted by Crippen LogP contribution is 2.38. The Kier molecular flexibility index (Phi) is 8.97. The lowest BCUT2D eigenvalue weighted by molar-refractivity contribution is -0.143. The minimum absolute atomic E-state index is 0.0471. The first-order chi connectivity index (χ1) is 16.2. The predicted molar refractivity (Wildman–Crippen MR) is 142 cm³/mol. The van der Waals surface area contributed by atoms with Crippen molar-refractivity contribution in [2.75, 3.05) is 13.1 Å². The second-order valence-corrected chi connectivity index (χ2v) is 11.6. The summed E-state index contributed by atoms with van der Waals surface area (Å²) < 4.78 is 0. The van der Waals surface area contributed by atoms with E-state index < -0.39 is 0 Å². The minimum Gasteiger partial charge on any atom is -0.331 e.